The van der Waals surface area contributed by atoms with E-state index in [0.717, 1.165) is 0 Å². The number of halogens is 2. The number of phenolic OH excluding ortho intramolecular Hbond substituents is 1. The zero-order chi connectivity index (χ0) is 14.7. The minimum atomic E-state index is -0.570. The average Bonchev–Trinajstić information content (AvgIpc) is 2.36. The van der Waals surface area contributed by atoms with Crippen LogP contribution >= 0.6 is 45.2 Å². The van der Waals surface area contributed by atoms with Gasteiger partial charge >= 0.3 is 5.97 Å². The largest absolute Gasteiger partial charge is 0.503 e. The number of hydrogen-bond donors (Lipinski definition) is 1. The van der Waals surface area contributed by atoms with Crippen LogP contribution in [0.4, 0.5) is 0 Å². The highest BCUT2D eigenvalue weighted by molar-refractivity contribution is 14.1. The summed E-state index contributed by atoms with van der Waals surface area (Å²) in [7, 11) is 2.85. The van der Waals surface area contributed by atoms with Gasteiger partial charge in [-0.2, -0.15) is 0 Å². The van der Waals surface area contributed by atoms with E-state index in [1.54, 1.807) is 6.92 Å². The molecule has 104 valence electrons. The molecule has 1 aromatic rings. The fourth-order valence-corrected chi connectivity index (χ4v) is 2.79. The first-order valence-electron chi connectivity index (χ1n) is 5.04. The topological polar surface area (TPSA) is 65.0 Å². The highest BCUT2D eigenvalue weighted by Crippen LogP contribution is 2.48. The van der Waals surface area contributed by atoms with E-state index in [9.17, 15) is 9.90 Å². The van der Waals surface area contributed by atoms with E-state index >= 15 is 0 Å². The zero-order valence-corrected chi connectivity index (χ0v) is 14.9. The lowest BCUT2D eigenvalue weighted by atomic mass is 10.2. The second-order valence-corrected chi connectivity index (χ2v) is 5.70. The SMILES string of the molecule is C=C(C)C(=O)Oc1c(I)c(OC)c(O)c(I)c1OC. The Hall–Kier alpha value is -0.710. The number of ether oxygens (including phenoxy) is 3. The zero-order valence-electron chi connectivity index (χ0n) is 10.5. The van der Waals surface area contributed by atoms with E-state index in [1.807, 2.05) is 45.2 Å². The number of benzene rings is 1. The number of phenols is 1. The van der Waals surface area contributed by atoms with E-state index < -0.39 is 5.97 Å². The fourth-order valence-electron chi connectivity index (χ4n) is 1.25. The molecule has 0 saturated carbocycles. The Morgan fingerprint density at radius 1 is 1.11 bits per heavy atom. The molecule has 0 saturated heterocycles. The Morgan fingerprint density at radius 2 is 1.63 bits per heavy atom. The van der Waals surface area contributed by atoms with Crippen molar-refractivity contribution in [2.45, 2.75) is 6.92 Å². The highest BCUT2D eigenvalue weighted by Gasteiger charge is 2.25. The van der Waals surface area contributed by atoms with Crippen LogP contribution in [0.2, 0.25) is 0 Å². The summed E-state index contributed by atoms with van der Waals surface area (Å²) in [6.07, 6.45) is 0. The molecular formula is C12H12I2O5. The van der Waals surface area contributed by atoms with E-state index in [4.69, 9.17) is 14.2 Å². The summed E-state index contributed by atoms with van der Waals surface area (Å²) in [5.74, 6) is 0.0857. The normalized spacial score (nSPS) is 9.95. The van der Waals surface area contributed by atoms with Crippen LogP contribution in [0.5, 0.6) is 23.0 Å². The van der Waals surface area contributed by atoms with Gasteiger partial charge in [0.15, 0.2) is 23.0 Å². The Balaban J connectivity index is 3.48. The average molecular weight is 490 g/mol. The molecule has 0 aromatic heterocycles. The van der Waals surface area contributed by atoms with Gasteiger partial charge in [0.2, 0.25) is 0 Å². The van der Waals surface area contributed by atoms with Gasteiger partial charge < -0.3 is 19.3 Å². The van der Waals surface area contributed by atoms with Gasteiger partial charge in [-0.15, -0.1) is 0 Å². The molecule has 1 N–H and O–H groups in total. The first-order valence-corrected chi connectivity index (χ1v) is 7.20. The third kappa shape index (κ3) is 3.25. The molecule has 1 rings (SSSR count). The molecule has 0 unspecified atom stereocenters. The van der Waals surface area contributed by atoms with Crippen LogP contribution in [-0.2, 0) is 4.79 Å². The summed E-state index contributed by atoms with van der Waals surface area (Å²) in [4.78, 5) is 11.6. The smallest absolute Gasteiger partial charge is 0.338 e. The predicted molar refractivity (Wildman–Crippen MR) is 87.1 cm³/mol. The number of methoxy groups -OCH3 is 2. The third-order valence-electron chi connectivity index (χ3n) is 2.18. The molecular weight excluding hydrogens is 478 g/mol. The number of esters is 1. The van der Waals surface area contributed by atoms with Crippen LogP contribution in [-0.4, -0.2) is 25.3 Å². The maximum atomic E-state index is 11.6. The van der Waals surface area contributed by atoms with Crippen LogP contribution in [0.1, 0.15) is 6.92 Å². The van der Waals surface area contributed by atoms with E-state index in [1.165, 1.54) is 14.2 Å². The Bertz CT molecular complexity index is 540. The number of rotatable bonds is 4. The monoisotopic (exact) mass is 490 g/mol. The van der Waals surface area contributed by atoms with Crippen LogP contribution < -0.4 is 14.2 Å². The molecule has 0 bridgehead atoms. The van der Waals surface area contributed by atoms with Gasteiger partial charge in [0.05, 0.1) is 14.2 Å². The number of carbonyl (C=O) groups is 1. The molecule has 1 aromatic carbocycles. The van der Waals surface area contributed by atoms with Gasteiger partial charge in [-0.05, 0) is 52.1 Å². The summed E-state index contributed by atoms with van der Waals surface area (Å²) < 4.78 is 16.4. The van der Waals surface area contributed by atoms with Gasteiger partial charge in [0.1, 0.15) is 7.14 Å². The van der Waals surface area contributed by atoms with E-state index in [0.29, 0.717) is 7.14 Å². The second-order valence-electron chi connectivity index (χ2n) is 3.54. The van der Waals surface area contributed by atoms with Crippen molar-refractivity contribution in [3.63, 3.8) is 0 Å². The Morgan fingerprint density at radius 3 is 2.05 bits per heavy atom. The Labute approximate surface area is 138 Å². The first kappa shape index (κ1) is 16.3. The standard InChI is InChI=1S/C12H12I2O5/c1-5(2)12(16)19-11-7(14)9(17-3)8(15)6(13)10(11)18-4/h15H,1H2,2-4H3. The lowest BCUT2D eigenvalue weighted by molar-refractivity contribution is -0.130. The molecule has 0 aliphatic rings. The van der Waals surface area contributed by atoms with Crippen LogP contribution in [0.15, 0.2) is 12.2 Å². The van der Waals surface area contributed by atoms with Gasteiger partial charge in [-0.25, -0.2) is 4.79 Å². The molecule has 0 aliphatic carbocycles. The number of hydrogen-bond acceptors (Lipinski definition) is 5. The highest BCUT2D eigenvalue weighted by atomic mass is 127. The molecule has 0 heterocycles. The lowest BCUT2D eigenvalue weighted by Crippen LogP contribution is -2.11. The minimum Gasteiger partial charge on any atom is -0.503 e. The van der Waals surface area contributed by atoms with Crippen molar-refractivity contribution in [1.29, 1.82) is 0 Å². The van der Waals surface area contributed by atoms with Gasteiger partial charge in [0.25, 0.3) is 0 Å². The van der Waals surface area contributed by atoms with Crippen molar-refractivity contribution in [3.8, 4) is 23.0 Å². The maximum Gasteiger partial charge on any atom is 0.338 e. The third-order valence-corrected chi connectivity index (χ3v) is 4.16. The van der Waals surface area contributed by atoms with Gasteiger partial charge in [-0.3, -0.25) is 0 Å². The molecule has 0 aliphatic heterocycles. The Kier molecular flexibility index (Phi) is 5.71. The van der Waals surface area contributed by atoms with E-state index in [-0.39, 0.29) is 28.6 Å². The molecule has 0 fully saturated rings. The summed E-state index contributed by atoms with van der Waals surface area (Å²) in [6.45, 7) is 5.06. The van der Waals surface area contributed by atoms with Crippen molar-refractivity contribution in [2.75, 3.05) is 14.2 Å². The summed E-state index contributed by atoms with van der Waals surface area (Å²) >= 11 is 3.80. The molecule has 0 radical (unpaired) electrons. The summed E-state index contributed by atoms with van der Waals surface area (Å²) in [6, 6.07) is 0. The minimum absolute atomic E-state index is 0.0560. The van der Waals surface area contributed by atoms with Crippen LogP contribution in [0.3, 0.4) is 0 Å². The van der Waals surface area contributed by atoms with Gasteiger partial charge in [0, 0.05) is 5.57 Å². The summed E-state index contributed by atoms with van der Waals surface area (Å²) in [5, 5.41) is 9.98. The first-order chi connectivity index (χ1) is 8.84. The number of carbonyl (C=O) groups excluding carboxylic acids is 1. The molecule has 19 heavy (non-hydrogen) atoms. The molecule has 0 amide bonds. The molecule has 7 heteroatoms. The van der Waals surface area contributed by atoms with Crippen molar-refractivity contribution in [1.82, 2.24) is 0 Å². The predicted octanol–water partition coefficient (Wildman–Crippen LogP) is 3.10. The quantitative estimate of drug-likeness (QED) is 0.305. The van der Waals surface area contributed by atoms with Crippen molar-refractivity contribution in [3.05, 3.63) is 19.3 Å². The van der Waals surface area contributed by atoms with Crippen molar-refractivity contribution in [2.24, 2.45) is 0 Å². The van der Waals surface area contributed by atoms with Gasteiger partial charge in [-0.1, -0.05) is 6.58 Å². The number of aromatic hydroxyl groups is 1. The fraction of sp³-hybridized carbons (Fsp3) is 0.250. The lowest BCUT2D eigenvalue weighted by Gasteiger charge is -2.17. The van der Waals surface area contributed by atoms with Crippen molar-refractivity contribution >= 4 is 51.2 Å². The van der Waals surface area contributed by atoms with Crippen LogP contribution in [0, 0.1) is 7.14 Å². The maximum absolute atomic E-state index is 11.6. The molecule has 0 spiro atoms. The van der Waals surface area contributed by atoms with Crippen molar-refractivity contribution < 1.29 is 24.1 Å². The molecule has 5 nitrogen and oxygen atoms in total. The van der Waals surface area contributed by atoms with Crippen LogP contribution in [0.25, 0.3) is 0 Å². The van der Waals surface area contributed by atoms with E-state index in [2.05, 4.69) is 6.58 Å². The summed E-state index contributed by atoms with van der Waals surface area (Å²) in [5.41, 5.74) is 0.264. The second kappa shape index (κ2) is 6.64. The molecule has 0 atom stereocenters.